The Hall–Kier alpha value is -4.17. The van der Waals surface area contributed by atoms with Crippen LogP contribution < -0.4 is 10.6 Å². The van der Waals surface area contributed by atoms with Gasteiger partial charge in [-0.1, -0.05) is 78.9 Å². The number of ether oxygens (including phenoxy) is 2. The van der Waals surface area contributed by atoms with E-state index in [0.29, 0.717) is 0 Å². The van der Waals surface area contributed by atoms with Crippen molar-refractivity contribution in [3.8, 4) is 11.1 Å². The highest BCUT2D eigenvalue weighted by molar-refractivity contribution is 5.89. The van der Waals surface area contributed by atoms with Crippen molar-refractivity contribution in [3.05, 3.63) is 95.6 Å². The molecule has 8 nitrogen and oxygen atoms in total. The molecule has 3 atom stereocenters. The average molecular weight is 503 g/mol. The van der Waals surface area contributed by atoms with Crippen molar-refractivity contribution in [2.24, 2.45) is 0 Å². The lowest BCUT2D eigenvalue weighted by Crippen LogP contribution is -2.54. The highest BCUT2D eigenvalue weighted by Gasteiger charge is 2.31. The molecule has 0 heterocycles. The number of hydrogen-bond donors (Lipinski definition) is 3. The van der Waals surface area contributed by atoms with Crippen LogP contribution in [0.2, 0.25) is 0 Å². The zero-order valence-electron chi connectivity index (χ0n) is 20.7. The van der Waals surface area contributed by atoms with Gasteiger partial charge in [-0.3, -0.25) is 4.79 Å². The number of hydrogen-bond acceptors (Lipinski definition) is 5. The fourth-order valence-electron chi connectivity index (χ4n) is 4.44. The van der Waals surface area contributed by atoms with Gasteiger partial charge in [-0.2, -0.15) is 0 Å². The molecule has 3 aromatic rings. The molecule has 0 saturated carbocycles. The fourth-order valence-corrected chi connectivity index (χ4v) is 4.44. The molecule has 0 radical (unpaired) electrons. The summed E-state index contributed by atoms with van der Waals surface area (Å²) in [6.45, 7) is 3.35. The molecule has 4 rings (SSSR count). The van der Waals surface area contributed by atoms with E-state index in [2.05, 4.69) is 10.6 Å². The van der Waals surface area contributed by atoms with E-state index in [1.54, 1.807) is 6.92 Å². The fraction of sp³-hybridized carbons (Fsp3) is 0.276. The second kappa shape index (κ2) is 11.7. The lowest BCUT2D eigenvalue weighted by Gasteiger charge is -2.24. The molecule has 0 saturated heterocycles. The summed E-state index contributed by atoms with van der Waals surface area (Å²) in [6, 6.07) is 23.0. The summed E-state index contributed by atoms with van der Waals surface area (Å²) in [7, 11) is 0. The molecule has 192 valence electrons. The lowest BCUT2D eigenvalue weighted by molar-refractivity contribution is -0.146. The first-order valence-corrected chi connectivity index (χ1v) is 12.2. The normalized spacial score (nSPS) is 14.5. The second-order valence-corrected chi connectivity index (χ2v) is 9.02. The van der Waals surface area contributed by atoms with Gasteiger partial charge in [0, 0.05) is 5.92 Å². The molecule has 0 spiro atoms. The minimum absolute atomic E-state index is 0.107. The first-order chi connectivity index (χ1) is 17.8. The molecule has 0 aromatic heterocycles. The standard InChI is InChI=1S/C29H30N2O6/c1-18(27(32)31-26(28(33)34)19(2)36-16-20-10-4-3-5-11-20)30-29(35)37-17-25-23-14-8-6-12-21(23)22-13-7-9-15-24(22)25/h3-15,18-19,25-26H,16-17H2,1-2H3,(H,30,35)(H,31,32)(H,33,34). The van der Waals surface area contributed by atoms with Crippen LogP contribution in [-0.2, 0) is 25.7 Å². The van der Waals surface area contributed by atoms with Crippen molar-refractivity contribution < 1.29 is 29.0 Å². The van der Waals surface area contributed by atoms with Gasteiger partial charge in [0.1, 0.15) is 12.6 Å². The Labute approximate surface area is 215 Å². The quantitative estimate of drug-likeness (QED) is 0.385. The van der Waals surface area contributed by atoms with Crippen LogP contribution >= 0.6 is 0 Å². The SMILES string of the molecule is CC(NC(=O)OCC1c2ccccc2-c2ccccc21)C(=O)NC(C(=O)O)C(C)OCc1ccccc1. The molecule has 3 N–H and O–H groups in total. The molecule has 1 aliphatic carbocycles. The summed E-state index contributed by atoms with van der Waals surface area (Å²) in [4.78, 5) is 36.9. The molecule has 0 fully saturated rings. The van der Waals surface area contributed by atoms with Crippen molar-refractivity contribution in [2.45, 2.75) is 44.6 Å². The highest BCUT2D eigenvalue weighted by Crippen LogP contribution is 2.44. The number of nitrogens with one attached hydrogen (secondary N) is 2. The molecular weight excluding hydrogens is 472 g/mol. The predicted octanol–water partition coefficient (Wildman–Crippen LogP) is 4.09. The number of carbonyl (C=O) groups is 3. The molecule has 3 unspecified atom stereocenters. The van der Waals surface area contributed by atoms with Gasteiger partial charge in [-0.25, -0.2) is 9.59 Å². The van der Waals surface area contributed by atoms with Crippen molar-refractivity contribution in [1.29, 1.82) is 0 Å². The lowest BCUT2D eigenvalue weighted by atomic mass is 9.98. The molecule has 2 amide bonds. The Morgan fingerprint density at radius 3 is 2.00 bits per heavy atom. The van der Waals surface area contributed by atoms with Crippen LogP contribution in [-0.4, -0.2) is 47.9 Å². The zero-order chi connectivity index (χ0) is 26.4. The molecule has 37 heavy (non-hydrogen) atoms. The number of aliphatic carboxylic acids is 1. The van der Waals surface area contributed by atoms with E-state index in [4.69, 9.17) is 9.47 Å². The third kappa shape index (κ3) is 6.16. The summed E-state index contributed by atoms with van der Waals surface area (Å²) in [5.41, 5.74) is 5.27. The number of carboxylic acids is 1. The highest BCUT2D eigenvalue weighted by atomic mass is 16.5. The summed E-state index contributed by atoms with van der Waals surface area (Å²) in [5, 5.41) is 14.5. The van der Waals surface area contributed by atoms with Gasteiger partial charge < -0.3 is 25.2 Å². The first-order valence-electron chi connectivity index (χ1n) is 12.2. The van der Waals surface area contributed by atoms with Crippen molar-refractivity contribution >= 4 is 18.0 Å². The van der Waals surface area contributed by atoms with Crippen LogP contribution in [0.3, 0.4) is 0 Å². The molecule has 8 heteroatoms. The van der Waals surface area contributed by atoms with E-state index < -0.39 is 36.2 Å². The number of benzene rings is 3. The number of rotatable bonds is 10. The van der Waals surface area contributed by atoms with Crippen molar-refractivity contribution in [1.82, 2.24) is 10.6 Å². The molecule has 1 aliphatic rings. The van der Waals surface area contributed by atoms with Gasteiger partial charge in [0.15, 0.2) is 6.04 Å². The van der Waals surface area contributed by atoms with E-state index in [1.807, 2.05) is 78.9 Å². The number of fused-ring (bicyclic) bond motifs is 3. The Morgan fingerprint density at radius 1 is 0.838 bits per heavy atom. The van der Waals surface area contributed by atoms with Crippen LogP contribution in [0.15, 0.2) is 78.9 Å². The van der Waals surface area contributed by atoms with Gasteiger partial charge >= 0.3 is 12.1 Å². The number of alkyl carbamates (subject to hydrolysis) is 1. The Bertz CT molecular complexity index is 1220. The number of amides is 2. The van der Waals surface area contributed by atoms with Gasteiger partial charge in [0.2, 0.25) is 5.91 Å². The second-order valence-electron chi connectivity index (χ2n) is 9.02. The maximum absolute atomic E-state index is 12.7. The van der Waals surface area contributed by atoms with Crippen LogP contribution in [0.1, 0.15) is 36.5 Å². The average Bonchev–Trinajstić information content (AvgIpc) is 3.23. The van der Waals surface area contributed by atoms with Gasteiger partial charge in [0.25, 0.3) is 0 Å². The Kier molecular flexibility index (Phi) is 8.20. The monoisotopic (exact) mass is 502 g/mol. The molecule has 3 aromatic carbocycles. The topological polar surface area (TPSA) is 114 Å². The summed E-state index contributed by atoms with van der Waals surface area (Å²) in [6.07, 6.45) is -1.56. The summed E-state index contributed by atoms with van der Waals surface area (Å²) < 4.78 is 11.1. The van der Waals surface area contributed by atoms with E-state index in [0.717, 1.165) is 27.8 Å². The van der Waals surface area contributed by atoms with Crippen LogP contribution in [0.4, 0.5) is 4.79 Å². The minimum atomic E-state index is -1.29. The van der Waals surface area contributed by atoms with Crippen molar-refractivity contribution in [3.63, 3.8) is 0 Å². The molecular formula is C29H30N2O6. The number of carboxylic acid groups (broad SMARTS) is 1. The predicted molar refractivity (Wildman–Crippen MR) is 138 cm³/mol. The zero-order valence-corrected chi connectivity index (χ0v) is 20.7. The summed E-state index contributed by atoms with van der Waals surface area (Å²) >= 11 is 0. The third-order valence-corrected chi connectivity index (χ3v) is 6.46. The van der Waals surface area contributed by atoms with E-state index in [9.17, 15) is 19.5 Å². The van der Waals surface area contributed by atoms with Crippen LogP contribution in [0, 0.1) is 0 Å². The Balaban J connectivity index is 1.30. The third-order valence-electron chi connectivity index (χ3n) is 6.46. The van der Waals surface area contributed by atoms with Gasteiger partial charge in [-0.15, -0.1) is 0 Å². The maximum atomic E-state index is 12.7. The Morgan fingerprint density at radius 2 is 1.41 bits per heavy atom. The smallest absolute Gasteiger partial charge is 0.407 e. The van der Waals surface area contributed by atoms with Crippen molar-refractivity contribution in [2.75, 3.05) is 6.61 Å². The molecule has 0 aliphatic heterocycles. The summed E-state index contributed by atoms with van der Waals surface area (Å²) in [5.74, 6) is -2.00. The van der Waals surface area contributed by atoms with Crippen LogP contribution in [0.25, 0.3) is 11.1 Å². The minimum Gasteiger partial charge on any atom is -0.480 e. The number of carbonyl (C=O) groups excluding carboxylic acids is 2. The van der Waals surface area contributed by atoms with E-state index in [1.165, 1.54) is 6.92 Å². The van der Waals surface area contributed by atoms with Gasteiger partial charge in [-0.05, 0) is 41.7 Å². The molecule has 0 bridgehead atoms. The van der Waals surface area contributed by atoms with E-state index >= 15 is 0 Å². The van der Waals surface area contributed by atoms with E-state index in [-0.39, 0.29) is 19.1 Å². The van der Waals surface area contributed by atoms with Crippen LogP contribution in [0.5, 0.6) is 0 Å². The maximum Gasteiger partial charge on any atom is 0.407 e. The first kappa shape index (κ1) is 25.9. The largest absolute Gasteiger partial charge is 0.480 e. The van der Waals surface area contributed by atoms with Gasteiger partial charge in [0.05, 0.1) is 12.7 Å².